The summed E-state index contributed by atoms with van der Waals surface area (Å²) in [6.45, 7) is 4.18. The van der Waals surface area contributed by atoms with E-state index >= 15 is 0 Å². The molecular weight excluding hydrogens is 292 g/mol. The third-order valence-electron chi connectivity index (χ3n) is 2.82. The Morgan fingerprint density at radius 2 is 2.00 bits per heavy atom. The summed E-state index contributed by atoms with van der Waals surface area (Å²) in [4.78, 5) is 8.10. The lowest BCUT2D eigenvalue weighted by Gasteiger charge is -2.18. The van der Waals surface area contributed by atoms with Crippen molar-refractivity contribution in [1.29, 1.82) is 0 Å². The zero-order valence-corrected chi connectivity index (χ0v) is 11.9. The van der Waals surface area contributed by atoms with Crippen molar-refractivity contribution in [1.82, 2.24) is 9.97 Å². The highest BCUT2D eigenvalue weighted by Crippen LogP contribution is 2.28. The predicted octanol–water partition coefficient (Wildman–Crippen LogP) is 3.30. The maximum Gasteiger partial charge on any atom is 0.146 e. The number of hydrogen-bond acceptors (Lipinski definition) is 4. The highest BCUT2D eigenvalue weighted by atomic mass is 79.9. The van der Waals surface area contributed by atoms with Crippen LogP contribution in [0.15, 0.2) is 35.1 Å². The largest absolute Gasteiger partial charge is 0.383 e. The second-order valence-electron chi connectivity index (χ2n) is 4.14. The lowest BCUT2D eigenvalue weighted by molar-refractivity contribution is 0.861. The molecule has 1 unspecified atom stereocenters. The van der Waals surface area contributed by atoms with Crippen molar-refractivity contribution in [2.45, 2.75) is 19.9 Å². The minimum Gasteiger partial charge on any atom is -0.383 e. The van der Waals surface area contributed by atoms with Gasteiger partial charge in [-0.15, -0.1) is 0 Å². The van der Waals surface area contributed by atoms with E-state index in [1.165, 1.54) is 17.5 Å². The standard InChI is InChI=1S/C13H15BrN4/c1-8-5-3-4-6-10(8)9(2)18-13-11(14)12(15)16-7-17-13/h3-7,9H,1-2H3,(H3,15,16,17,18). The number of nitrogen functional groups attached to an aromatic ring is 1. The van der Waals surface area contributed by atoms with E-state index in [1.807, 2.05) is 12.1 Å². The van der Waals surface area contributed by atoms with Gasteiger partial charge in [-0.25, -0.2) is 9.97 Å². The fraction of sp³-hybridized carbons (Fsp3) is 0.231. The van der Waals surface area contributed by atoms with E-state index in [0.717, 1.165) is 0 Å². The zero-order valence-electron chi connectivity index (χ0n) is 10.3. The molecule has 3 N–H and O–H groups in total. The third kappa shape index (κ3) is 2.61. The van der Waals surface area contributed by atoms with E-state index in [-0.39, 0.29) is 6.04 Å². The van der Waals surface area contributed by atoms with E-state index in [1.54, 1.807) is 0 Å². The van der Waals surface area contributed by atoms with Crippen LogP contribution in [0.5, 0.6) is 0 Å². The number of benzene rings is 1. The van der Waals surface area contributed by atoms with Crippen LogP contribution in [0.4, 0.5) is 11.6 Å². The van der Waals surface area contributed by atoms with E-state index in [2.05, 4.69) is 57.2 Å². The molecule has 0 aliphatic rings. The molecule has 1 aromatic heterocycles. The van der Waals surface area contributed by atoms with Gasteiger partial charge in [-0.05, 0) is 40.9 Å². The molecule has 0 radical (unpaired) electrons. The maximum absolute atomic E-state index is 5.73. The number of halogens is 1. The van der Waals surface area contributed by atoms with Crippen LogP contribution in [0.3, 0.4) is 0 Å². The monoisotopic (exact) mass is 306 g/mol. The number of aromatic nitrogens is 2. The highest BCUT2D eigenvalue weighted by molar-refractivity contribution is 9.10. The van der Waals surface area contributed by atoms with E-state index in [4.69, 9.17) is 5.73 Å². The molecule has 1 atom stereocenters. The maximum atomic E-state index is 5.73. The SMILES string of the molecule is Cc1ccccc1C(C)Nc1ncnc(N)c1Br. The van der Waals surface area contributed by atoms with Gasteiger partial charge in [0.15, 0.2) is 0 Å². The van der Waals surface area contributed by atoms with Crippen LogP contribution in [-0.4, -0.2) is 9.97 Å². The van der Waals surface area contributed by atoms with E-state index in [0.29, 0.717) is 16.1 Å². The van der Waals surface area contributed by atoms with Crippen LogP contribution in [0, 0.1) is 6.92 Å². The predicted molar refractivity (Wildman–Crippen MR) is 77.4 cm³/mol. The number of nitrogens with two attached hydrogens (primary N) is 1. The molecule has 0 saturated heterocycles. The molecule has 0 bridgehead atoms. The van der Waals surface area contributed by atoms with Gasteiger partial charge in [0.05, 0.1) is 6.04 Å². The first-order chi connectivity index (χ1) is 8.59. The topological polar surface area (TPSA) is 63.8 Å². The Morgan fingerprint density at radius 1 is 1.28 bits per heavy atom. The molecule has 94 valence electrons. The minimum atomic E-state index is 0.150. The average Bonchev–Trinajstić information content (AvgIpc) is 2.35. The lowest BCUT2D eigenvalue weighted by Crippen LogP contribution is -2.10. The Labute approximate surface area is 115 Å². The first-order valence-electron chi connectivity index (χ1n) is 5.67. The van der Waals surface area contributed by atoms with Gasteiger partial charge in [0.25, 0.3) is 0 Å². The summed E-state index contributed by atoms with van der Waals surface area (Å²) < 4.78 is 0.699. The summed E-state index contributed by atoms with van der Waals surface area (Å²) >= 11 is 3.39. The molecule has 0 spiro atoms. The summed E-state index contributed by atoms with van der Waals surface area (Å²) in [5.41, 5.74) is 8.21. The molecular formula is C13H15BrN4. The van der Waals surface area contributed by atoms with Crippen LogP contribution in [0.1, 0.15) is 24.1 Å². The zero-order chi connectivity index (χ0) is 13.1. The molecule has 5 heteroatoms. The van der Waals surface area contributed by atoms with Gasteiger partial charge in [0, 0.05) is 0 Å². The number of hydrogen-bond donors (Lipinski definition) is 2. The Kier molecular flexibility index (Phi) is 3.81. The Hall–Kier alpha value is -1.62. The first kappa shape index (κ1) is 12.8. The summed E-state index contributed by atoms with van der Waals surface area (Å²) in [5, 5.41) is 3.33. The Morgan fingerprint density at radius 3 is 2.72 bits per heavy atom. The van der Waals surface area contributed by atoms with Crippen LogP contribution in [0.25, 0.3) is 0 Å². The normalized spacial score (nSPS) is 12.2. The van der Waals surface area contributed by atoms with Gasteiger partial charge in [-0.1, -0.05) is 24.3 Å². The molecule has 0 amide bonds. The molecule has 0 saturated carbocycles. The van der Waals surface area contributed by atoms with Crippen molar-refractivity contribution in [2.75, 3.05) is 11.1 Å². The number of nitrogens with one attached hydrogen (secondary N) is 1. The van der Waals surface area contributed by atoms with E-state index in [9.17, 15) is 0 Å². The summed E-state index contributed by atoms with van der Waals surface area (Å²) in [5.74, 6) is 1.14. The van der Waals surface area contributed by atoms with Crippen LogP contribution < -0.4 is 11.1 Å². The van der Waals surface area contributed by atoms with Gasteiger partial charge in [-0.3, -0.25) is 0 Å². The minimum absolute atomic E-state index is 0.150. The molecule has 0 fully saturated rings. The Bertz CT molecular complexity index is 556. The molecule has 18 heavy (non-hydrogen) atoms. The second-order valence-corrected chi connectivity index (χ2v) is 4.94. The molecule has 1 aromatic carbocycles. The van der Waals surface area contributed by atoms with Crippen molar-refractivity contribution in [2.24, 2.45) is 0 Å². The fourth-order valence-electron chi connectivity index (χ4n) is 1.84. The number of nitrogens with zero attached hydrogens (tertiary/aromatic N) is 2. The van der Waals surface area contributed by atoms with Crippen molar-refractivity contribution in [3.63, 3.8) is 0 Å². The van der Waals surface area contributed by atoms with Crippen molar-refractivity contribution >= 4 is 27.6 Å². The smallest absolute Gasteiger partial charge is 0.146 e. The molecule has 1 heterocycles. The quantitative estimate of drug-likeness (QED) is 0.913. The third-order valence-corrected chi connectivity index (χ3v) is 3.61. The fourth-order valence-corrected chi connectivity index (χ4v) is 2.16. The number of aryl methyl sites for hydroxylation is 1. The molecule has 0 aliphatic heterocycles. The summed E-state index contributed by atoms with van der Waals surface area (Å²) in [7, 11) is 0. The highest BCUT2D eigenvalue weighted by Gasteiger charge is 2.11. The molecule has 2 aromatic rings. The summed E-state index contributed by atoms with van der Waals surface area (Å²) in [6, 6.07) is 8.41. The molecule has 0 aliphatic carbocycles. The van der Waals surface area contributed by atoms with Gasteiger partial charge < -0.3 is 11.1 Å². The van der Waals surface area contributed by atoms with Crippen molar-refractivity contribution in [3.8, 4) is 0 Å². The van der Waals surface area contributed by atoms with Crippen LogP contribution in [0.2, 0.25) is 0 Å². The van der Waals surface area contributed by atoms with Gasteiger partial charge >= 0.3 is 0 Å². The van der Waals surface area contributed by atoms with Crippen molar-refractivity contribution < 1.29 is 0 Å². The van der Waals surface area contributed by atoms with Crippen LogP contribution in [-0.2, 0) is 0 Å². The molecule has 4 nitrogen and oxygen atoms in total. The van der Waals surface area contributed by atoms with Crippen molar-refractivity contribution in [3.05, 3.63) is 46.2 Å². The molecule has 2 rings (SSSR count). The first-order valence-corrected chi connectivity index (χ1v) is 6.47. The average molecular weight is 307 g/mol. The van der Waals surface area contributed by atoms with Gasteiger partial charge in [0.1, 0.15) is 22.4 Å². The summed E-state index contributed by atoms with van der Waals surface area (Å²) in [6.07, 6.45) is 1.45. The van der Waals surface area contributed by atoms with Gasteiger partial charge in [0.2, 0.25) is 0 Å². The van der Waals surface area contributed by atoms with Crippen LogP contribution >= 0.6 is 15.9 Å². The lowest BCUT2D eigenvalue weighted by atomic mass is 10.0. The number of anilines is 2. The number of rotatable bonds is 3. The van der Waals surface area contributed by atoms with E-state index < -0.39 is 0 Å². The Balaban J connectivity index is 2.24. The second kappa shape index (κ2) is 5.35. The van der Waals surface area contributed by atoms with Gasteiger partial charge in [-0.2, -0.15) is 0 Å².